The molecule has 0 radical (unpaired) electrons. The molecule has 2 N–H and O–H groups in total. The summed E-state index contributed by atoms with van der Waals surface area (Å²) in [5.41, 5.74) is 11.4. The summed E-state index contributed by atoms with van der Waals surface area (Å²) in [7, 11) is 1.95. The molecule has 1 heterocycles. The SMILES string of the molecule is Cc1ccc(-c2cn(C)nc2C(C)C)cc1N. The van der Waals surface area contributed by atoms with Crippen LogP contribution in [0, 0.1) is 6.92 Å². The molecular weight excluding hydrogens is 210 g/mol. The standard InChI is InChI=1S/C14H19N3/c1-9(2)14-12(8-17(4)16-14)11-6-5-10(3)13(15)7-11/h5-9H,15H2,1-4H3. The number of rotatable bonds is 2. The normalized spacial score (nSPS) is 11.1. The van der Waals surface area contributed by atoms with Crippen molar-refractivity contribution < 1.29 is 0 Å². The molecule has 0 fully saturated rings. The number of nitrogen functional groups attached to an aromatic ring is 1. The zero-order valence-corrected chi connectivity index (χ0v) is 10.9. The van der Waals surface area contributed by atoms with Crippen molar-refractivity contribution >= 4 is 5.69 Å². The smallest absolute Gasteiger partial charge is 0.0728 e. The van der Waals surface area contributed by atoms with Gasteiger partial charge in [-0.3, -0.25) is 4.68 Å². The van der Waals surface area contributed by atoms with Gasteiger partial charge in [-0.25, -0.2) is 0 Å². The van der Waals surface area contributed by atoms with Crippen molar-refractivity contribution in [3.8, 4) is 11.1 Å². The summed E-state index contributed by atoms with van der Waals surface area (Å²) >= 11 is 0. The highest BCUT2D eigenvalue weighted by molar-refractivity contribution is 5.70. The first kappa shape index (κ1) is 11.7. The first-order valence-electron chi connectivity index (χ1n) is 5.89. The van der Waals surface area contributed by atoms with Gasteiger partial charge in [-0.1, -0.05) is 26.0 Å². The lowest BCUT2D eigenvalue weighted by Crippen LogP contribution is -1.94. The average Bonchev–Trinajstić information content (AvgIpc) is 2.64. The molecule has 0 aliphatic heterocycles. The van der Waals surface area contributed by atoms with Crippen LogP contribution in [0.1, 0.15) is 31.0 Å². The fraction of sp³-hybridized carbons (Fsp3) is 0.357. The van der Waals surface area contributed by atoms with Crippen LogP contribution in [0.5, 0.6) is 0 Å². The molecule has 3 heteroatoms. The maximum Gasteiger partial charge on any atom is 0.0728 e. The second-order valence-corrected chi connectivity index (χ2v) is 4.83. The summed E-state index contributed by atoms with van der Waals surface area (Å²) in [6.45, 7) is 6.33. The number of anilines is 1. The number of aromatic nitrogens is 2. The van der Waals surface area contributed by atoms with Crippen molar-refractivity contribution in [2.75, 3.05) is 5.73 Å². The second kappa shape index (κ2) is 4.24. The Labute approximate surface area is 102 Å². The van der Waals surface area contributed by atoms with E-state index in [2.05, 4.69) is 37.3 Å². The lowest BCUT2D eigenvalue weighted by Gasteiger charge is -2.07. The third-order valence-electron chi connectivity index (χ3n) is 2.99. The van der Waals surface area contributed by atoms with Gasteiger partial charge < -0.3 is 5.73 Å². The summed E-state index contributed by atoms with van der Waals surface area (Å²) < 4.78 is 1.86. The van der Waals surface area contributed by atoms with Crippen LogP contribution in [0.15, 0.2) is 24.4 Å². The Morgan fingerprint density at radius 2 is 2.00 bits per heavy atom. The molecule has 0 bridgehead atoms. The van der Waals surface area contributed by atoms with E-state index < -0.39 is 0 Å². The van der Waals surface area contributed by atoms with Gasteiger partial charge in [0.2, 0.25) is 0 Å². The number of nitrogens with two attached hydrogens (primary N) is 1. The third-order valence-corrected chi connectivity index (χ3v) is 2.99. The van der Waals surface area contributed by atoms with Gasteiger partial charge in [-0.15, -0.1) is 0 Å². The number of nitrogens with zero attached hydrogens (tertiary/aromatic N) is 2. The molecule has 0 amide bonds. The van der Waals surface area contributed by atoms with Gasteiger partial charge in [0.05, 0.1) is 5.69 Å². The maximum atomic E-state index is 5.96. The summed E-state index contributed by atoms with van der Waals surface area (Å²) in [6.07, 6.45) is 2.06. The van der Waals surface area contributed by atoms with E-state index in [1.54, 1.807) is 0 Å². The molecule has 0 saturated heterocycles. The Kier molecular flexibility index (Phi) is 2.92. The fourth-order valence-corrected chi connectivity index (χ4v) is 1.96. The Bertz CT molecular complexity index is 538. The summed E-state index contributed by atoms with van der Waals surface area (Å²) in [6, 6.07) is 6.19. The molecule has 3 nitrogen and oxygen atoms in total. The Hall–Kier alpha value is -1.77. The number of hydrogen-bond acceptors (Lipinski definition) is 2. The molecule has 2 aromatic rings. The van der Waals surface area contributed by atoms with Crippen LogP contribution in [0.2, 0.25) is 0 Å². The molecule has 17 heavy (non-hydrogen) atoms. The molecule has 2 rings (SSSR count). The van der Waals surface area contributed by atoms with Crippen LogP contribution in [0.3, 0.4) is 0 Å². The van der Waals surface area contributed by atoms with Crippen LogP contribution in [-0.2, 0) is 7.05 Å². The van der Waals surface area contributed by atoms with E-state index in [0.29, 0.717) is 5.92 Å². The summed E-state index contributed by atoms with van der Waals surface area (Å²) in [4.78, 5) is 0. The predicted octanol–water partition coefficient (Wildman–Crippen LogP) is 3.10. The largest absolute Gasteiger partial charge is 0.398 e. The maximum absolute atomic E-state index is 5.96. The average molecular weight is 229 g/mol. The van der Waals surface area contributed by atoms with E-state index in [0.717, 1.165) is 22.5 Å². The molecule has 0 spiro atoms. The highest BCUT2D eigenvalue weighted by Crippen LogP contribution is 2.29. The lowest BCUT2D eigenvalue weighted by molar-refractivity contribution is 0.713. The van der Waals surface area contributed by atoms with Gasteiger partial charge in [0.25, 0.3) is 0 Å². The van der Waals surface area contributed by atoms with Crippen molar-refractivity contribution in [3.05, 3.63) is 35.7 Å². The van der Waals surface area contributed by atoms with Crippen LogP contribution in [-0.4, -0.2) is 9.78 Å². The molecule has 0 saturated carbocycles. The Balaban J connectivity index is 2.55. The van der Waals surface area contributed by atoms with Crippen molar-refractivity contribution in [3.63, 3.8) is 0 Å². The predicted molar refractivity (Wildman–Crippen MR) is 71.9 cm³/mol. The molecule has 90 valence electrons. The van der Waals surface area contributed by atoms with E-state index in [1.165, 1.54) is 5.56 Å². The van der Waals surface area contributed by atoms with Crippen molar-refractivity contribution in [1.82, 2.24) is 9.78 Å². The van der Waals surface area contributed by atoms with Crippen LogP contribution < -0.4 is 5.73 Å². The van der Waals surface area contributed by atoms with Crippen LogP contribution >= 0.6 is 0 Å². The Morgan fingerprint density at radius 1 is 1.29 bits per heavy atom. The van der Waals surface area contributed by atoms with E-state index in [1.807, 2.05) is 24.7 Å². The van der Waals surface area contributed by atoms with Gasteiger partial charge in [0, 0.05) is 24.5 Å². The van der Waals surface area contributed by atoms with E-state index in [4.69, 9.17) is 5.73 Å². The van der Waals surface area contributed by atoms with Crippen molar-refractivity contribution in [2.45, 2.75) is 26.7 Å². The van der Waals surface area contributed by atoms with Crippen molar-refractivity contribution in [2.24, 2.45) is 7.05 Å². The number of hydrogen-bond donors (Lipinski definition) is 1. The van der Waals surface area contributed by atoms with E-state index >= 15 is 0 Å². The van der Waals surface area contributed by atoms with Gasteiger partial charge >= 0.3 is 0 Å². The van der Waals surface area contributed by atoms with Gasteiger partial charge in [0.1, 0.15) is 0 Å². The van der Waals surface area contributed by atoms with Crippen LogP contribution in [0.25, 0.3) is 11.1 Å². The summed E-state index contributed by atoms with van der Waals surface area (Å²) in [5, 5.41) is 4.51. The molecule has 0 aliphatic rings. The molecular formula is C14H19N3. The zero-order chi connectivity index (χ0) is 12.6. The summed E-state index contributed by atoms with van der Waals surface area (Å²) in [5.74, 6) is 0.411. The zero-order valence-electron chi connectivity index (χ0n) is 10.9. The number of benzene rings is 1. The molecule has 0 atom stereocenters. The minimum atomic E-state index is 0.411. The molecule has 1 aromatic carbocycles. The minimum Gasteiger partial charge on any atom is -0.398 e. The molecule has 0 unspecified atom stereocenters. The van der Waals surface area contributed by atoms with Gasteiger partial charge in [-0.2, -0.15) is 5.10 Å². The van der Waals surface area contributed by atoms with Crippen LogP contribution in [0.4, 0.5) is 5.69 Å². The first-order chi connectivity index (χ1) is 7.99. The van der Waals surface area contributed by atoms with Gasteiger partial charge in [0.15, 0.2) is 0 Å². The topological polar surface area (TPSA) is 43.8 Å². The second-order valence-electron chi connectivity index (χ2n) is 4.83. The highest BCUT2D eigenvalue weighted by atomic mass is 15.3. The third kappa shape index (κ3) is 2.18. The van der Waals surface area contributed by atoms with E-state index in [-0.39, 0.29) is 0 Å². The Morgan fingerprint density at radius 3 is 2.59 bits per heavy atom. The lowest BCUT2D eigenvalue weighted by atomic mass is 9.99. The number of aryl methyl sites for hydroxylation is 2. The quantitative estimate of drug-likeness (QED) is 0.804. The molecule has 0 aliphatic carbocycles. The monoisotopic (exact) mass is 229 g/mol. The van der Waals surface area contributed by atoms with E-state index in [9.17, 15) is 0 Å². The molecule has 1 aromatic heterocycles. The minimum absolute atomic E-state index is 0.411. The van der Waals surface area contributed by atoms with Gasteiger partial charge in [-0.05, 0) is 30.0 Å². The highest BCUT2D eigenvalue weighted by Gasteiger charge is 2.13. The van der Waals surface area contributed by atoms with Crippen molar-refractivity contribution in [1.29, 1.82) is 0 Å². The fourth-order valence-electron chi connectivity index (χ4n) is 1.96. The first-order valence-corrected chi connectivity index (χ1v) is 5.89.